The van der Waals surface area contributed by atoms with Crippen LogP contribution < -0.4 is 10.1 Å². The number of carbonyl (C=O) groups excluding carboxylic acids is 1. The van der Waals surface area contributed by atoms with Gasteiger partial charge in [0.25, 0.3) is 5.91 Å². The van der Waals surface area contributed by atoms with Crippen LogP contribution in [-0.4, -0.2) is 18.1 Å². The molecule has 5 nitrogen and oxygen atoms in total. The molecule has 0 aromatic heterocycles. The number of methoxy groups -OCH3 is 1. The van der Waals surface area contributed by atoms with E-state index in [1.165, 1.54) is 13.2 Å². The van der Waals surface area contributed by atoms with Crippen molar-refractivity contribution in [3.8, 4) is 17.6 Å². The second-order valence-electron chi connectivity index (χ2n) is 5.04. The van der Waals surface area contributed by atoms with Crippen molar-refractivity contribution >= 4 is 33.6 Å². The third-order valence-corrected chi connectivity index (χ3v) is 3.72. The SMILES string of the molecule is COc1cc(Br)cc(/C=C(\C#N)C(=O)Nc2ccc(C)cc2)c1O. The van der Waals surface area contributed by atoms with Crippen molar-refractivity contribution in [3.63, 3.8) is 0 Å². The van der Waals surface area contributed by atoms with Crippen molar-refractivity contribution in [1.82, 2.24) is 0 Å². The Labute approximate surface area is 148 Å². The van der Waals surface area contributed by atoms with Gasteiger partial charge in [-0.2, -0.15) is 5.26 Å². The Hall–Kier alpha value is -2.78. The van der Waals surface area contributed by atoms with Gasteiger partial charge in [0.05, 0.1) is 7.11 Å². The number of nitriles is 1. The van der Waals surface area contributed by atoms with Crippen LogP contribution in [-0.2, 0) is 4.79 Å². The first-order chi connectivity index (χ1) is 11.4. The molecule has 0 aliphatic rings. The minimum absolute atomic E-state index is 0.133. The summed E-state index contributed by atoms with van der Waals surface area (Å²) in [6.07, 6.45) is 1.31. The summed E-state index contributed by atoms with van der Waals surface area (Å²) >= 11 is 3.29. The average Bonchev–Trinajstić information content (AvgIpc) is 2.57. The summed E-state index contributed by atoms with van der Waals surface area (Å²) in [5.41, 5.74) is 1.82. The first-order valence-electron chi connectivity index (χ1n) is 7.01. The molecule has 0 radical (unpaired) electrons. The van der Waals surface area contributed by atoms with E-state index in [1.807, 2.05) is 25.1 Å². The fraction of sp³-hybridized carbons (Fsp3) is 0.111. The highest BCUT2D eigenvalue weighted by molar-refractivity contribution is 9.10. The zero-order chi connectivity index (χ0) is 17.7. The van der Waals surface area contributed by atoms with Gasteiger partial charge in [-0.25, -0.2) is 0 Å². The molecule has 0 spiro atoms. The van der Waals surface area contributed by atoms with E-state index in [9.17, 15) is 15.2 Å². The molecular weight excluding hydrogens is 372 g/mol. The Morgan fingerprint density at radius 2 is 2.00 bits per heavy atom. The first-order valence-corrected chi connectivity index (χ1v) is 7.80. The maximum Gasteiger partial charge on any atom is 0.266 e. The van der Waals surface area contributed by atoms with Gasteiger partial charge in [0.15, 0.2) is 11.5 Å². The highest BCUT2D eigenvalue weighted by Crippen LogP contribution is 2.34. The quantitative estimate of drug-likeness (QED) is 0.613. The normalized spacial score (nSPS) is 10.8. The van der Waals surface area contributed by atoms with E-state index in [2.05, 4.69) is 21.2 Å². The number of phenols is 1. The molecule has 0 bridgehead atoms. The van der Waals surface area contributed by atoms with Crippen LogP contribution in [0.1, 0.15) is 11.1 Å². The molecule has 2 N–H and O–H groups in total. The van der Waals surface area contributed by atoms with Crippen molar-refractivity contribution < 1.29 is 14.6 Å². The average molecular weight is 387 g/mol. The van der Waals surface area contributed by atoms with Gasteiger partial charge in [-0.3, -0.25) is 4.79 Å². The van der Waals surface area contributed by atoms with E-state index in [1.54, 1.807) is 24.3 Å². The molecule has 0 aliphatic carbocycles. The van der Waals surface area contributed by atoms with E-state index in [0.717, 1.165) is 5.56 Å². The molecule has 0 heterocycles. The molecule has 0 aliphatic heterocycles. The summed E-state index contributed by atoms with van der Waals surface area (Å²) in [6.45, 7) is 1.94. The zero-order valence-corrected chi connectivity index (χ0v) is 14.7. The molecule has 122 valence electrons. The van der Waals surface area contributed by atoms with Crippen molar-refractivity contribution in [2.75, 3.05) is 12.4 Å². The molecule has 0 saturated carbocycles. The third-order valence-electron chi connectivity index (χ3n) is 3.26. The van der Waals surface area contributed by atoms with Crippen LogP contribution in [0.4, 0.5) is 5.69 Å². The van der Waals surface area contributed by atoms with Gasteiger partial charge in [-0.05, 0) is 37.3 Å². The predicted octanol–water partition coefficient (Wildman–Crippen LogP) is 4.02. The molecule has 24 heavy (non-hydrogen) atoms. The number of aromatic hydroxyl groups is 1. The molecular formula is C18H15BrN2O3. The van der Waals surface area contributed by atoms with Gasteiger partial charge in [-0.15, -0.1) is 0 Å². The van der Waals surface area contributed by atoms with Crippen LogP contribution in [0.15, 0.2) is 46.4 Å². The summed E-state index contributed by atoms with van der Waals surface area (Å²) in [5.74, 6) is -0.455. The standard InChI is InChI=1S/C18H15BrN2O3/c1-11-3-5-15(6-4-11)21-18(23)13(10-20)7-12-8-14(19)9-16(24-2)17(12)22/h3-9,22H,1-2H3,(H,21,23)/b13-7+. The Morgan fingerprint density at radius 1 is 1.33 bits per heavy atom. The Kier molecular flexibility index (Phi) is 5.61. The number of nitrogens with one attached hydrogen (secondary N) is 1. The van der Waals surface area contributed by atoms with Gasteiger partial charge in [-0.1, -0.05) is 33.6 Å². The number of amides is 1. The van der Waals surface area contributed by atoms with Crippen LogP contribution in [0, 0.1) is 18.3 Å². The fourth-order valence-electron chi connectivity index (χ4n) is 2.00. The van der Waals surface area contributed by atoms with E-state index >= 15 is 0 Å². The summed E-state index contributed by atoms with van der Waals surface area (Å²) in [6, 6.07) is 12.2. The lowest BCUT2D eigenvalue weighted by atomic mass is 10.1. The third kappa shape index (κ3) is 4.15. The van der Waals surface area contributed by atoms with Gasteiger partial charge in [0.2, 0.25) is 0 Å². The smallest absolute Gasteiger partial charge is 0.266 e. The van der Waals surface area contributed by atoms with Gasteiger partial charge in [0.1, 0.15) is 11.6 Å². The second-order valence-corrected chi connectivity index (χ2v) is 5.95. The number of phenolic OH excluding ortho intramolecular Hbond substituents is 1. The number of hydrogen-bond acceptors (Lipinski definition) is 4. The van der Waals surface area contributed by atoms with Crippen LogP contribution in [0.2, 0.25) is 0 Å². The van der Waals surface area contributed by atoms with Crippen molar-refractivity contribution in [2.45, 2.75) is 6.92 Å². The molecule has 2 rings (SSSR count). The second kappa shape index (κ2) is 7.66. The molecule has 0 unspecified atom stereocenters. The molecule has 2 aromatic carbocycles. The maximum atomic E-state index is 12.3. The lowest BCUT2D eigenvalue weighted by Crippen LogP contribution is -2.13. The van der Waals surface area contributed by atoms with Crippen molar-refractivity contribution in [1.29, 1.82) is 5.26 Å². The van der Waals surface area contributed by atoms with Crippen molar-refractivity contribution in [3.05, 3.63) is 57.6 Å². The number of hydrogen-bond donors (Lipinski definition) is 2. The number of benzene rings is 2. The number of aryl methyl sites for hydroxylation is 1. The van der Waals surface area contributed by atoms with Gasteiger partial charge in [0, 0.05) is 15.7 Å². The molecule has 0 saturated heterocycles. The van der Waals surface area contributed by atoms with Crippen LogP contribution >= 0.6 is 15.9 Å². The number of anilines is 1. The minimum atomic E-state index is -0.556. The summed E-state index contributed by atoms with van der Waals surface area (Å²) in [4.78, 5) is 12.3. The monoisotopic (exact) mass is 386 g/mol. The Bertz CT molecular complexity index is 837. The Balaban J connectivity index is 2.32. The lowest BCUT2D eigenvalue weighted by Gasteiger charge is -2.08. The maximum absolute atomic E-state index is 12.3. The van der Waals surface area contributed by atoms with Gasteiger partial charge < -0.3 is 15.2 Å². The zero-order valence-electron chi connectivity index (χ0n) is 13.1. The van der Waals surface area contributed by atoms with Crippen LogP contribution in [0.5, 0.6) is 11.5 Å². The highest BCUT2D eigenvalue weighted by Gasteiger charge is 2.13. The summed E-state index contributed by atoms with van der Waals surface area (Å²) in [7, 11) is 1.42. The number of halogens is 1. The van der Waals surface area contributed by atoms with E-state index < -0.39 is 5.91 Å². The van der Waals surface area contributed by atoms with Crippen molar-refractivity contribution in [2.24, 2.45) is 0 Å². The summed E-state index contributed by atoms with van der Waals surface area (Å²) < 4.78 is 5.71. The Morgan fingerprint density at radius 3 is 2.58 bits per heavy atom. The lowest BCUT2D eigenvalue weighted by molar-refractivity contribution is -0.112. The number of ether oxygens (including phenoxy) is 1. The number of nitrogens with zero attached hydrogens (tertiary/aromatic N) is 1. The molecule has 0 atom stereocenters. The minimum Gasteiger partial charge on any atom is -0.504 e. The predicted molar refractivity (Wildman–Crippen MR) is 95.8 cm³/mol. The van der Waals surface area contributed by atoms with Crippen LogP contribution in [0.3, 0.4) is 0 Å². The van der Waals surface area contributed by atoms with Gasteiger partial charge >= 0.3 is 0 Å². The van der Waals surface area contributed by atoms with E-state index in [0.29, 0.717) is 15.7 Å². The topological polar surface area (TPSA) is 82.3 Å². The molecule has 1 amide bonds. The first kappa shape index (κ1) is 17.6. The molecule has 0 fully saturated rings. The molecule has 6 heteroatoms. The summed E-state index contributed by atoms with van der Waals surface area (Å²) in [5, 5.41) is 22.0. The number of carbonyl (C=O) groups is 1. The van der Waals surface area contributed by atoms with E-state index in [4.69, 9.17) is 4.74 Å². The fourth-order valence-corrected chi connectivity index (χ4v) is 2.45. The largest absolute Gasteiger partial charge is 0.504 e. The van der Waals surface area contributed by atoms with Crippen LogP contribution in [0.25, 0.3) is 6.08 Å². The highest BCUT2D eigenvalue weighted by atomic mass is 79.9. The van der Waals surface area contributed by atoms with E-state index in [-0.39, 0.29) is 17.1 Å². The molecule has 2 aromatic rings. The number of rotatable bonds is 4.